The molecule has 1 aromatic rings. The third kappa shape index (κ3) is 2.18. The lowest BCUT2D eigenvalue weighted by Crippen LogP contribution is -2.17. The number of nitrogens with zero attached hydrogens (tertiary/aromatic N) is 1. The number of aromatic nitrogens is 1. The molecule has 0 atom stereocenters. The van der Waals surface area contributed by atoms with Crippen LogP contribution in [0.3, 0.4) is 0 Å². The van der Waals surface area contributed by atoms with E-state index in [-0.39, 0.29) is 16.6 Å². The predicted molar refractivity (Wildman–Crippen MR) is 59.0 cm³/mol. The van der Waals surface area contributed by atoms with Crippen LogP contribution in [0, 0.1) is 0 Å². The Morgan fingerprint density at radius 1 is 1.50 bits per heavy atom. The molecular weight excluding hydrogens is 230 g/mol. The summed E-state index contributed by atoms with van der Waals surface area (Å²) in [5.74, 6) is -0.806. The molecule has 1 N–H and O–H groups in total. The zero-order chi connectivity index (χ0) is 11.5. The van der Waals surface area contributed by atoms with Crippen LogP contribution in [-0.2, 0) is 4.74 Å². The van der Waals surface area contributed by atoms with Gasteiger partial charge in [-0.2, -0.15) is 0 Å². The van der Waals surface area contributed by atoms with Crippen molar-refractivity contribution in [1.29, 1.82) is 0 Å². The molecular formula is C11H12ClNO3. The predicted octanol–water partition coefficient (Wildman–Crippen LogP) is 2.33. The largest absolute Gasteiger partial charge is 0.478 e. The molecule has 0 aromatic carbocycles. The average Bonchev–Trinajstić information content (AvgIpc) is 2.29. The summed E-state index contributed by atoms with van der Waals surface area (Å²) in [4.78, 5) is 14.9. The van der Waals surface area contributed by atoms with Crippen LogP contribution in [0.25, 0.3) is 0 Å². The zero-order valence-corrected chi connectivity index (χ0v) is 9.41. The molecule has 0 saturated carbocycles. The van der Waals surface area contributed by atoms with Gasteiger partial charge in [-0.15, -0.1) is 0 Å². The SMILES string of the molecule is O=C(O)c1c(C2CCOCC2)ccnc1Cl. The maximum absolute atomic E-state index is 11.1. The van der Waals surface area contributed by atoms with Crippen molar-refractivity contribution >= 4 is 17.6 Å². The Morgan fingerprint density at radius 3 is 2.81 bits per heavy atom. The van der Waals surface area contributed by atoms with Crippen LogP contribution in [0.5, 0.6) is 0 Å². The van der Waals surface area contributed by atoms with Gasteiger partial charge in [0.05, 0.1) is 0 Å². The molecule has 1 aromatic heterocycles. The Bertz CT molecular complexity index is 402. The van der Waals surface area contributed by atoms with E-state index in [1.165, 1.54) is 0 Å². The minimum atomic E-state index is -1.01. The molecule has 16 heavy (non-hydrogen) atoms. The second-order valence-corrected chi connectivity index (χ2v) is 4.12. The summed E-state index contributed by atoms with van der Waals surface area (Å²) in [6.07, 6.45) is 3.22. The lowest BCUT2D eigenvalue weighted by atomic mass is 9.89. The summed E-state index contributed by atoms with van der Waals surface area (Å²) in [5.41, 5.74) is 0.909. The summed E-state index contributed by atoms with van der Waals surface area (Å²) < 4.78 is 5.26. The topological polar surface area (TPSA) is 59.4 Å². The molecule has 0 bridgehead atoms. The van der Waals surface area contributed by atoms with Gasteiger partial charge >= 0.3 is 5.97 Å². The maximum atomic E-state index is 11.1. The fraction of sp³-hybridized carbons (Fsp3) is 0.455. The summed E-state index contributed by atoms with van der Waals surface area (Å²) in [5, 5.41) is 9.19. The minimum absolute atomic E-state index is 0.0662. The van der Waals surface area contributed by atoms with Crippen LogP contribution >= 0.6 is 11.6 Å². The van der Waals surface area contributed by atoms with Gasteiger partial charge in [0.15, 0.2) is 0 Å². The van der Waals surface area contributed by atoms with Crippen molar-refractivity contribution in [3.8, 4) is 0 Å². The number of carbonyl (C=O) groups is 1. The van der Waals surface area contributed by atoms with Crippen LogP contribution in [0.15, 0.2) is 12.3 Å². The van der Waals surface area contributed by atoms with Gasteiger partial charge < -0.3 is 9.84 Å². The fourth-order valence-electron chi connectivity index (χ4n) is 2.01. The standard InChI is InChI=1S/C11H12ClNO3/c12-10-9(11(14)15)8(1-4-13-10)7-2-5-16-6-3-7/h1,4,7H,2-3,5-6H2,(H,14,15). The lowest BCUT2D eigenvalue weighted by Gasteiger charge is -2.23. The van der Waals surface area contributed by atoms with Crippen LogP contribution in [-0.4, -0.2) is 29.3 Å². The molecule has 0 spiro atoms. The Hall–Kier alpha value is -1.13. The molecule has 0 aliphatic carbocycles. The maximum Gasteiger partial charge on any atom is 0.339 e. The van der Waals surface area contributed by atoms with Gasteiger partial charge in [-0.3, -0.25) is 0 Å². The van der Waals surface area contributed by atoms with Crippen molar-refractivity contribution in [1.82, 2.24) is 4.98 Å². The van der Waals surface area contributed by atoms with E-state index in [0.717, 1.165) is 18.4 Å². The summed E-state index contributed by atoms with van der Waals surface area (Å²) in [6, 6.07) is 1.74. The van der Waals surface area contributed by atoms with Crippen LogP contribution in [0.2, 0.25) is 5.15 Å². The molecule has 1 fully saturated rings. The summed E-state index contributed by atoms with van der Waals surface area (Å²) in [6.45, 7) is 1.34. The smallest absolute Gasteiger partial charge is 0.339 e. The number of hydrogen-bond donors (Lipinski definition) is 1. The van der Waals surface area contributed by atoms with E-state index in [0.29, 0.717) is 13.2 Å². The molecule has 2 heterocycles. The summed E-state index contributed by atoms with van der Waals surface area (Å²) >= 11 is 5.82. The fourth-order valence-corrected chi connectivity index (χ4v) is 2.26. The van der Waals surface area contributed by atoms with Gasteiger partial charge in [0.1, 0.15) is 10.7 Å². The minimum Gasteiger partial charge on any atom is -0.478 e. The van der Waals surface area contributed by atoms with Gasteiger partial charge in [-0.05, 0) is 30.4 Å². The monoisotopic (exact) mass is 241 g/mol. The second kappa shape index (κ2) is 4.80. The highest BCUT2D eigenvalue weighted by atomic mass is 35.5. The number of hydrogen-bond acceptors (Lipinski definition) is 3. The third-order valence-corrected chi connectivity index (χ3v) is 3.10. The van der Waals surface area contributed by atoms with Crippen molar-refractivity contribution in [3.05, 3.63) is 28.5 Å². The quantitative estimate of drug-likeness (QED) is 0.808. The van der Waals surface area contributed by atoms with Crippen molar-refractivity contribution < 1.29 is 14.6 Å². The Kier molecular flexibility index (Phi) is 3.41. The molecule has 4 nitrogen and oxygen atoms in total. The molecule has 5 heteroatoms. The molecule has 2 rings (SSSR count). The van der Waals surface area contributed by atoms with Gasteiger partial charge in [0.2, 0.25) is 0 Å². The molecule has 0 amide bonds. The lowest BCUT2D eigenvalue weighted by molar-refractivity contribution is 0.0685. The number of halogens is 1. The van der Waals surface area contributed by atoms with E-state index in [4.69, 9.17) is 21.4 Å². The highest BCUT2D eigenvalue weighted by Gasteiger charge is 2.23. The van der Waals surface area contributed by atoms with E-state index in [9.17, 15) is 4.79 Å². The Balaban J connectivity index is 2.38. The van der Waals surface area contributed by atoms with E-state index < -0.39 is 5.97 Å². The van der Waals surface area contributed by atoms with E-state index in [1.54, 1.807) is 12.3 Å². The average molecular weight is 242 g/mol. The second-order valence-electron chi connectivity index (χ2n) is 3.76. The third-order valence-electron chi connectivity index (χ3n) is 2.81. The molecule has 0 radical (unpaired) electrons. The van der Waals surface area contributed by atoms with Gasteiger partial charge in [0, 0.05) is 19.4 Å². The first-order chi connectivity index (χ1) is 7.70. The van der Waals surface area contributed by atoms with E-state index >= 15 is 0 Å². The number of pyridine rings is 1. The highest BCUT2D eigenvalue weighted by molar-refractivity contribution is 6.32. The van der Waals surface area contributed by atoms with Crippen LogP contribution in [0.4, 0.5) is 0 Å². The Morgan fingerprint density at radius 2 is 2.19 bits per heavy atom. The number of carboxylic acids is 1. The first-order valence-corrected chi connectivity index (χ1v) is 5.53. The molecule has 86 valence electrons. The number of ether oxygens (including phenoxy) is 1. The highest BCUT2D eigenvalue weighted by Crippen LogP contribution is 2.31. The Labute approximate surface area is 98.2 Å². The molecule has 1 saturated heterocycles. The van der Waals surface area contributed by atoms with Crippen LogP contribution in [0.1, 0.15) is 34.7 Å². The molecule has 0 unspecified atom stereocenters. The van der Waals surface area contributed by atoms with Gasteiger partial charge in [-0.25, -0.2) is 9.78 Å². The number of aromatic carboxylic acids is 1. The van der Waals surface area contributed by atoms with Crippen molar-refractivity contribution in [2.75, 3.05) is 13.2 Å². The van der Waals surface area contributed by atoms with Crippen molar-refractivity contribution in [3.63, 3.8) is 0 Å². The first kappa shape index (κ1) is 11.4. The number of carboxylic acid groups (broad SMARTS) is 1. The van der Waals surface area contributed by atoms with Crippen molar-refractivity contribution in [2.45, 2.75) is 18.8 Å². The van der Waals surface area contributed by atoms with E-state index in [2.05, 4.69) is 4.98 Å². The molecule has 1 aliphatic rings. The zero-order valence-electron chi connectivity index (χ0n) is 8.65. The van der Waals surface area contributed by atoms with Gasteiger partial charge in [-0.1, -0.05) is 11.6 Å². The number of rotatable bonds is 2. The van der Waals surface area contributed by atoms with Crippen molar-refractivity contribution in [2.24, 2.45) is 0 Å². The first-order valence-electron chi connectivity index (χ1n) is 5.15. The summed E-state index contributed by atoms with van der Waals surface area (Å²) in [7, 11) is 0. The van der Waals surface area contributed by atoms with E-state index in [1.807, 2.05) is 0 Å². The molecule has 1 aliphatic heterocycles. The van der Waals surface area contributed by atoms with Gasteiger partial charge in [0.25, 0.3) is 0 Å². The van der Waals surface area contributed by atoms with Crippen LogP contribution < -0.4 is 0 Å². The normalized spacial score (nSPS) is 17.3.